The fraction of sp³-hybridized carbons (Fsp3) is 0.100. The number of hydrogen-bond acceptors (Lipinski definition) is 6. The van der Waals surface area contributed by atoms with Crippen molar-refractivity contribution in [3.63, 3.8) is 0 Å². The fourth-order valence-corrected chi connectivity index (χ4v) is 3.09. The zero-order valence-electron chi connectivity index (χ0n) is 17.4. The smallest absolute Gasteiger partial charge is 0.211 e. The zero-order valence-corrected chi connectivity index (χ0v) is 19.0. The lowest BCUT2D eigenvalue weighted by Crippen LogP contribution is -2.21. The Morgan fingerprint density at radius 1 is 0.656 bits per heavy atom. The Bertz CT molecular complexity index is 1120. The SMILES string of the molecule is COc1ccc2c(C=NN=C(N)N)c3cc(OC)ccc3c(C=NN=C(N)N)c2c1.Cl.Cl. The minimum absolute atomic E-state index is 0. The van der Waals surface area contributed by atoms with Gasteiger partial charge < -0.3 is 32.4 Å². The second-order valence-electron chi connectivity index (χ2n) is 6.19. The predicted molar refractivity (Wildman–Crippen MR) is 136 cm³/mol. The molecule has 0 bridgehead atoms. The summed E-state index contributed by atoms with van der Waals surface area (Å²) in [6, 6.07) is 11.3. The van der Waals surface area contributed by atoms with Crippen LogP contribution in [-0.4, -0.2) is 38.6 Å². The Kier molecular flexibility index (Phi) is 9.51. The van der Waals surface area contributed by atoms with E-state index >= 15 is 0 Å². The molecule has 0 aliphatic carbocycles. The van der Waals surface area contributed by atoms with Crippen molar-refractivity contribution in [2.75, 3.05) is 14.2 Å². The number of benzene rings is 3. The Morgan fingerprint density at radius 2 is 1.03 bits per heavy atom. The van der Waals surface area contributed by atoms with Gasteiger partial charge in [-0.05, 0) is 57.9 Å². The molecule has 0 fully saturated rings. The van der Waals surface area contributed by atoms with Crippen LogP contribution in [0.2, 0.25) is 0 Å². The van der Waals surface area contributed by atoms with Crippen LogP contribution in [0.3, 0.4) is 0 Å². The second kappa shape index (κ2) is 11.6. The Hall–Kier alpha value is -3.76. The number of rotatable bonds is 6. The molecule has 170 valence electrons. The van der Waals surface area contributed by atoms with E-state index in [-0.39, 0.29) is 36.7 Å². The Morgan fingerprint density at radius 3 is 1.34 bits per heavy atom. The van der Waals surface area contributed by atoms with Crippen LogP contribution in [0.1, 0.15) is 11.1 Å². The van der Waals surface area contributed by atoms with E-state index in [0.717, 1.165) is 32.7 Å². The number of nitrogens with zero attached hydrogens (tertiary/aromatic N) is 4. The highest BCUT2D eigenvalue weighted by molar-refractivity contribution is 6.21. The molecule has 0 radical (unpaired) electrons. The lowest BCUT2D eigenvalue weighted by Gasteiger charge is -2.14. The van der Waals surface area contributed by atoms with Crippen LogP contribution < -0.4 is 32.4 Å². The zero-order chi connectivity index (χ0) is 21.7. The summed E-state index contributed by atoms with van der Waals surface area (Å²) in [7, 11) is 3.20. The topological polar surface area (TPSA) is 172 Å². The Labute approximate surface area is 196 Å². The van der Waals surface area contributed by atoms with Crippen molar-refractivity contribution >= 4 is 70.7 Å². The molecule has 0 saturated heterocycles. The largest absolute Gasteiger partial charge is 0.497 e. The van der Waals surface area contributed by atoms with Crippen molar-refractivity contribution < 1.29 is 9.47 Å². The molecular formula is C20H24Cl2N8O2. The van der Waals surface area contributed by atoms with Gasteiger partial charge in [0.05, 0.1) is 26.6 Å². The molecule has 0 aliphatic rings. The summed E-state index contributed by atoms with van der Waals surface area (Å²) in [6.07, 6.45) is 3.18. The number of ether oxygens (including phenoxy) is 2. The van der Waals surface area contributed by atoms with Crippen molar-refractivity contribution in [1.82, 2.24) is 0 Å². The molecule has 0 atom stereocenters. The molecule has 0 unspecified atom stereocenters. The fourth-order valence-electron chi connectivity index (χ4n) is 3.09. The molecule has 3 aromatic carbocycles. The average Bonchev–Trinajstić information content (AvgIpc) is 2.73. The van der Waals surface area contributed by atoms with Crippen molar-refractivity contribution in [2.24, 2.45) is 43.3 Å². The summed E-state index contributed by atoms with van der Waals surface area (Å²) in [5.74, 6) is 1.08. The van der Waals surface area contributed by atoms with Crippen LogP contribution in [0.25, 0.3) is 21.5 Å². The van der Waals surface area contributed by atoms with E-state index in [9.17, 15) is 0 Å². The highest BCUT2D eigenvalue weighted by Gasteiger charge is 2.14. The summed E-state index contributed by atoms with van der Waals surface area (Å²) in [5.41, 5.74) is 23.2. The molecule has 32 heavy (non-hydrogen) atoms. The van der Waals surface area contributed by atoms with Gasteiger partial charge >= 0.3 is 0 Å². The number of hydrogen-bond donors (Lipinski definition) is 4. The van der Waals surface area contributed by atoms with Gasteiger partial charge in [0.1, 0.15) is 11.5 Å². The van der Waals surface area contributed by atoms with E-state index in [2.05, 4.69) is 20.4 Å². The number of halogens is 2. The average molecular weight is 479 g/mol. The molecule has 3 aromatic rings. The lowest BCUT2D eigenvalue weighted by molar-refractivity contribution is 0.415. The van der Waals surface area contributed by atoms with Gasteiger partial charge in [-0.2, -0.15) is 10.2 Å². The summed E-state index contributed by atoms with van der Waals surface area (Å²) in [5, 5.41) is 18.9. The van der Waals surface area contributed by atoms with Crippen LogP contribution in [-0.2, 0) is 0 Å². The summed E-state index contributed by atoms with van der Waals surface area (Å²) >= 11 is 0. The van der Waals surface area contributed by atoms with Crippen LogP contribution in [0, 0.1) is 0 Å². The molecule has 0 saturated carbocycles. The molecule has 0 spiro atoms. The molecule has 10 nitrogen and oxygen atoms in total. The van der Waals surface area contributed by atoms with E-state index in [1.165, 1.54) is 0 Å². The summed E-state index contributed by atoms with van der Waals surface area (Å²) in [6.45, 7) is 0. The summed E-state index contributed by atoms with van der Waals surface area (Å²) in [4.78, 5) is 0. The third kappa shape index (κ3) is 5.68. The third-order valence-electron chi connectivity index (χ3n) is 4.33. The normalized spacial score (nSPS) is 10.6. The van der Waals surface area contributed by atoms with Crippen LogP contribution in [0.5, 0.6) is 11.5 Å². The van der Waals surface area contributed by atoms with Gasteiger partial charge in [0.15, 0.2) is 0 Å². The first kappa shape index (κ1) is 26.3. The predicted octanol–water partition coefficient (Wildman–Crippen LogP) is 2.07. The number of guanidine groups is 2. The standard InChI is InChI=1S/C20H22N8O2.2ClH/c1-29-11-3-5-13-15(7-11)17(9-25-27-19(21)22)14-6-4-12(30-2)8-16(14)18(13)10-26-28-20(23)24;;/h3-10H,1-2H3,(H4,21,22,27)(H4,23,24,28);2*1H. The Balaban J connectivity index is 0.00000256. The number of fused-ring (bicyclic) bond motifs is 2. The molecule has 0 aromatic heterocycles. The molecule has 12 heteroatoms. The van der Waals surface area contributed by atoms with E-state index in [0.29, 0.717) is 11.5 Å². The highest BCUT2D eigenvalue weighted by Crippen LogP contribution is 2.35. The van der Waals surface area contributed by atoms with E-state index in [1.807, 2.05) is 36.4 Å². The van der Waals surface area contributed by atoms with Crippen LogP contribution in [0.4, 0.5) is 0 Å². The van der Waals surface area contributed by atoms with Crippen LogP contribution in [0.15, 0.2) is 56.8 Å². The van der Waals surface area contributed by atoms with E-state index < -0.39 is 0 Å². The van der Waals surface area contributed by atoms with Crippen molar-refractivity contribution in [3.8, 4) is 11.5 Å². The van der Waals surface area contributed by atoms with Crippen molar-refractivity contribution in [2.45, 2.75) is 0 Å². The third-order valence-corrected chi connectivity index (χ3v) is 4.33. The van der Waals surface area contributed by atoms with Crippen molar-refractivity contribution in [3.05, 3.63) is 47.5 Å². The first-order chi connectivity index (χ1) is 14.4. The van der Waals surface area contributed by atoms with Gasteiger partial charge in [0, 0.05) is 11.1 Å². The molecule has 0 aliphatic heterocycles. The quantitative estimate of drug-likeness (QED) is 0.182. The molecule has 8 N–H and O–H groups in total. The van der Waals surface area contributed by atoms with Gasteiger partial charge in [-0.25, -0.2) is 0 Å². The van der Waals surface area contributed by atoms with Crippen molar-refractivity contribution in [1.29, 1.82) is 0 Å². The molecule has 3 rings (SSSR count). The van der Waals surface area contributed by atoms with Gasteiger partial charge in [0.25, 0.3) is 0 Å². The molecule has 0 amide bonds. The first-order valence-corrected chi connectivity index (χ1v) is 8.80. The van der Waals surface area contributed by atoms with Gasteiger partial charge in [-0.15, -0.1) is 35.0 Å². The minimum atomic E-state index is -0.139. The minimum Gasteiger partial charge on any atom is -0.497 e. The van der Waals surface area contributed by atoms with E-state index in [1.54, 1.807) is 26.6 Å². The van der Waals surface area contributed by atoms with Gasteiger partial charge in [-0.1, -0.05) is 0 Å². The maximum Gasteiger partial charge on any atom is 0.211 e. The second-order valence-corrected chi connectivity index (χ2v) is 6.19. The van der Waals surface area contributed by atoms with Crippen LogP contribution >= 0.6 is 24.8 Å². The van der Waals surface area contributed by atoms with E-state index in [4.69, 9.17) is 32.4 Å². The first-order valence-electron chi connectivity index (χ1n) is 8.80. The van der Waals surface area contributed by atoms with Gasteiger partial charge in [-0.3, -0.25) is 0 Å². The maximum absolute atomic E-state index is 5.40. The molecule has 0 heterocycles. The number of methoxy groups -OCH3 is 2. The lowest BCUT2D eigenvalue weighted by atomic mass is 9.92. The summed E-state index contributed by atoms with van der Waals surface area (Å²) < 4.78 is 10.8. The maximum atomic E-state index is 5.40. The molecular weight excluding hydrogens is 455 g/mol. The van der Waals surface area contributed by atoms with Gasteiger partial charge in [0.2, 0.25) is 11.9 Å². The monoisotopic (exact) mass is 478 g/mol. The number of nitrogens with two attached hydrogens (primary N) is 4. The highest BCUT2D eigenvalue weighted by atomic mass is 35.5.